The molecule has 0 saturated carbocycles. The van der Waals surface area contributed by atoms with Gasteiger partial charge in [-0.3, -0.25) is 9.59 Å². The van der Waals surface area contributed by atoms with Crippen molar-refractivity contribution in [3.63, 3.8) is 0 Å². The highest BCUT2D eigenvalue weighted by atomic mass is 16.1. The molecule has 2 amide bonds. The van der Waals surface area contributed by atoms with Gasteiger partial charge in [0.1, 0.15) is 0 Å². The van der Waals surface area contributed by atoms with Crippen LogP contribution in [0.2, 0.25) is 0 Å². The number of carbonyl (C=O) groups excluding carboxylic acids is 2. The van der Waals surface area contributed by atoms with Gasteiger partial charge in [-0.15, -0.1) is 0 Å². The monoisotopic (exact) mass is 348 g/mol. The molecule has 0 unspecified atom stereocenters. The Kier molecular flexibility index (Phi) is 4.84. The molecule has 0 radical (unpaired) electrons. The quantitative estimate of drug-likeness (QED) is 0.743. The van der Waals surface area contributed by atoms with E-state index in [1.165, 1.54) is 0 Å². The molecule has 0 atom stereocenters. The van der Waals surface area contributed by atoms with Crippen molar-refractivity contribution in [1.29, 1.82) is 0 Å². The third-order valence-corrected chi connectivity index (χ3v) is 4.28. The molecule has 0 spiro atoms. The maximum Gasteiger partial charge on any atom is 0.248 e. The van der Waals surface area contributed by atoms with Crippen molar-refractivity contribution < 1.29 is 9.59 Å². The fourth-order valence-corrected chi connectivity index (χ4v) is 2.64. The number of hydrogen-bond donors (Lipinski definition) is 2. The molecule has 1 aromatic heterocycles. The van der Waals surface area contributed by atoms with Crippen molar-refractivity contribution >= 4 is 17.5 Å². The highest BCUT2D eigenvalue weighted by Crippen LogP contribution is 2.17. The Balaban J connectivity index is 1.64. The van der Waals surface area contributed by atoms with E-state index in [2.05, 4.69) is 10.3 Å². The van der Waals surface area contributed by atoms with Crippen molar-refractivity contribution in [3.05, 3.63) is 77.4 Å². The smallest absolute Gasteiger partial charge is 0.248 e. The third-order valence-electron chi connectivity index (χ3n) is 4.28. The zero-order valence-corrected chi connectivity index (χ0v) is 14.7. The maximum absolute atomic E-state index is 12.2. The number of benzene rings is 2. The van der Waals surface area contributed by atoms with Gasteiger partial charge in [-0.1, -0.05) is 12.1 Å². The first kappa shape index (κ1) is 17.4. The number of carbonyl (C=O) groups is 2. The van der Waals surface area contributed by atoms with E-state index in [1.807, 2.05) is 42.7 Å². The minimum Gasteiger partial charge on any atom is -0.366 e. The Hall–Kier alpha value is -3.41. The van der Waals surface area contributed by atoms with E-state index in [0.717, 1.165) is 28.3 Å². The van der Waals surface area contributed by atoms with Gasteiger partial charge < -0.3 is 15.6 Å². The third kappa shape index (κ3) is 3.80. The number of imidazole rings is 1. The Morgan fingerprint density at radius 1 is 1.04 bits per heavy atom. The molecule has 26 heavy (non-hydrogen) atoms. The number of nitrogens with one attached hydrogen (secondary N) is 1. The number of anilines is 1. The largest absolute Gasteiger partial charge is 0.366 e. The van der Waals surface area contributed by atoms with Crippen molar-refractivity contribution in [2.45, 2.75) is 20.3 Å². The molecule has 0 fully saturated rings. The summed E-state index contributed by atoms with van der Waals surface area (Å²) in [5, 5.41) is 2.87. The maximum atomic E-state index is 12.2. The number of aromatic nitrogens is 2. The fraction of sp³-hybridized carbons (Fsp3) is 0.150. The van der Waals surface area contributed by atoms with E-state index in [4.69, 9.17) is 5.73 Å². The molecule has 132 valence electrons. The summed E-state index contributed by atoms with van der Waals surface area (Å²) in [4.78, 5) is 27.6. The second-order valence-corrected chi connectivity index (χ2v) is 6.12. The van der Waals surface area contributed by atoms with Crippen LogP contribution in [0.15, 0.2) is 54.9 Å². The lowest BCUT2D eigenvalue weighted by atomic mass is 10.1. The predicted molar refractivity (Wildman–Crippen MR) is 100 cm³/mol. The number of amides is 2. The standard InChI is InChI=1S/C20H20N4O2/c1-13-14(2)24(12-22-13)18-9-7-17(8-10-18)23-19(25)11-15-3-5-16(6-4-15)20(21)26/h3-10,12H,11H2,1-2H3,(H2,21,26)(H,23,25). The first-order chi connectivity index (χ1) is 12.4. The molecule has 3 aromatic rings. The molecule has 0 saturated heterocycles. The average molecular weight is 348 g/mol. The van der Waals surface area contributed by atoms with Crippen LogP contribution in [-0.4, -0.2) is 21.4 Å². The number of nitrogens with two attached hydrogens (primary N) is 1. The van der Waals surface area contributed by atoms with Crippen LogP contribution in [-0.2, 0) is 11.2 Å². The first-order valence-electron chi connectivity index (χ1n) is 8.23. The fourth-order valence-electron chi connectivity index (χ4n) is 2.64. The van der Waals surface area contributed by atoms with Crippen LogP contribution in [0.1, 0.15) is 27.3 Å². The number of nitrogens with zero attached hydrogens (tertiary/aromatic N) is 2. The molecule has 3 rings (SSSR count). The van der Waals surface area contributed by atoms with Gasteiger partial charge in [0.25, 0.3) is 0 Å². The van der Waals surface area contributed by atoms with Gasteiger partial charge in [0.05, 0.1) is 18.4 Å². The molecule has 2 aromatic carbocycles. The molecule has 6 nitrogen and oxygen atoms in total. The van der Waals surface area contributed by atoms with Gasteiger partial charge in [-0.25, -0.2) is 4.98 Å². The van der Waals surface area contributed by atoms with Gasteiger partial charge in [-0.2, -0.15) is 0 Å². The minimum absolute atomic E-state index is 0.126. The molecule has 0 bridgehead atoms. The first-order valence-corrected chi connectivity index (χ1v) is 8.23. The zero-order chi connectivity index (χ0) is 18.7. The topological polar surface area (TPSA) is 90.0 Å². The van der Waals surface area contributed by atoms with Crippen molar-refractivity contribution in [2.75, 3.05) is 5.32 Å². The van der Waals surface area contributed by atoms with E-state index >= 15 is 0 Å². The van der Waals surface area contributed by atoms with Crippen molar-refractivity contribution in [3.8, 4) is 5.69 Å². The van der Waals surface area contributed by atoms with Crippen LogP contribution < -0.4 is 11.1 Å². The number of primary amides is 1. The van der Waals surface area contributed by atoms with Crippen LogP contribution in [0.5, 0.6) is 0 Å². The molecular formula is C20H20N4O2. The van der Waals surface area contributed by atoms with E-state index in [9.17, 15) is 9.59 Å². The van der Waals surface area contributed by atoms with E-state index in [1.54, 1.807) is 30.6 Å². The van der Waals surface area contributed by atoms with Crippen molar-refractivity contribution in [1.82, 2.24) is 9.55 Å². The summed E-state index contributed by atoms with van der Waals surface area (Å²) >= 11 is 0. The predicted octanol–water partition coefficient (Wildman–Crippen LogP) is 2.77. The second-order valence-electron chi connectivity index (χ2n) is 6.12. The van der Waals surface area contributed by atoms with Gasteiger partial charge in [0.2, 0.25) is 11.8 Å². The lowest BCUT2D eigenvalue weighted by Gasteiger charge is -2.09. The lowest BCUT2D eigenvalue weighted by Crippen LogP contribution is -2.15. The number of aryl methyl sites for hydroxylation is 1. The summed E-state index contributed by atoms with van der Waals surface area (Å²) < 4.78 is 2.00. The van der Waals surface area contributed by atoms with Gasteiger partial charge in [0.15, 0.2) is 0 Å². The summed E-state index contributed by atoms with van der Waals surface area (Å²) in [5.41, 5.74) is 10.2. The number of hydrogen-bond acceptors (Lipinski definition) is 3. The Bertz CT molecular complexity index is 941. The summed E-state index contributed by atoms with van der Waals surface area (Å²) in [6, 6.07) is 14.3. The summed E-state index contributed by atoms with van der Waals surface area (Å²) in [6.07, 6.45) is 2.01. The van der Waals surface area contributed by atoms with Crippen LogP contribution in [0, 0.1) is 13.8 Å². The van der Waals surface area contributed by atoms with Crippen LogP contribution in [0.3, 0.4) is 0 Å². The van der Waals surface area contributed by atoms with Crippen LogP contribution >= 0.6 is 0 Å². The van der Waals surface area contributed by atoms with Gasteiger partial charge in [-0.05, 0) is 55.8 Å². The van der Waals surface area contributed by atoms with Crippen molar-refractivity contribution in [2.24, 2.45) is 5.73 Å². The number of rotatable bonds is 5. The highest BCUT2D eigenvalue weighted by molar-refractivity contribution is 5.94. The summed E-state index contributed by atoms with van der Waals surface area (Å²) in [7, 11) is 0. The summed E-state index contributed by atoms with van der Waals surface area (Å²) in [6.45, 7) is 3.98. The molecule has 0 aliphatic carbocycles. The van der Waals surface area contributed by atoms with E-state index < -0.39 is 5.91 Å². The molecule has 1 heterocycles. The van der Waals surface area contributed by atoms with Gasteiger partial charge >= 0.3 is 0 Å². The highest BCUT2D eigenvalue weighted by Gasteiger charge is 2.07. The Morgan fingerprint density at radius 2 is 1.69 bits per heavy atom. The van der Waals surface area contributed by atoms with E-state index in [0.29, 0.717) is 5.56 Å². The lowest BCUT2D eigenvalue weighted by molar-refractivity contribution is -0.115. The SMILES string of the molecule is Cc1ncn(-c2ccc(NC(=O)Cc3ccc(C(N)=O)cc3)cc2)c1C. The van der Waals surface area contributed by atoms with Gasteiger partial charge in [0, 0.05) is 22.6 Å². The normalized spacial score (nSPS) is 10.5. The van der Waals surface area contributed by atoms with E-state index in [-0.39, 0.29) is 12.3 Å². The second kappa shape index (κ2) is 7.23. The molecule has 3 N–H and O–H groups in total. The Labute approximate surface area is 151 Å². The molecule has 6 heteroatoms. The minimum atomic E-state index is -0.482. The average Bonchev–Trinajstić information content (AvgIpc) is 2.95. The molecule has 0 aliphatic heterocycles. The zero-order valence-electron chi connectivity index (χ0n) is 14.7. The Morgan fingerprint density at radius 3 is 2.23 bits per heavy atom. The molecule has 0 aliphatic rings. The summed E-state index contributed by atoms with van der Waals surface area (Å²) in [5.74, 6) is -0.608. The van der Waals surface area contributed by atoms with Crippen LogP contribution in [0.4, 0.5) is 5.69 Å². The van der Waals surface area contributed by atoms with Crippen LogP contribution in [0.25, 0.3) is 5.69 Å². The molecular weight excluding hydrogens is 328 g/mol.